The van der Waals surface area contributed by atoms with Gasteiger partial charge < -0.3 is 10.6 Å². The summed E-state index contributed by atoms with van der Waals surface area (Å²) in [6.45, 7) is 5.89. The lowest BCUT2D eigenvalue weighted by Crippen LogP contribution is -2.17. The zero-order chi connectivity index (χ0) is 12.2. The molecule has 1 rings (SSSR count). The monoisotopic (exact) mass is 240 g/mol. The van der Waals surface area contributed by atoms with Crippen molar-refractivity contribution in [2.45, 2.75) is 77.2 Å². The lowest BCUT2D eigenvalue weighted by molar-refractivity contribution is 0.543. The van der Waals surface area contributed by atoms with Gasteiger partial charge in [0.1, 0.15) is 0 Å². The standard InChI is InChI=1S/C15H32N2/c1-2-12-16-13-8-6-4-3-5-7-9-14-17-15-10-11-15/h15-17H,2-14H2,1H3. The molecule has 0 heterocycles. The maximum absolute atomic E-state index is 3.58. The first-order valence-corrected chi connectivity index (χ1v) is 7.87. The van der Waals surface area contributed by atoms with E-state index in [1.807, 2.05) is 0 Å². The molecule has 0 saturated heterocycles. The van der Waals surface area contributed by atoms with E-state index < -0.39 is 0 Å². The Morgan fingerprint density at radius 2 is 1.35 bits per heavy atom. The third-order valence-electron chi connectivity index (χ3n) is 3.47. The summed E-state index contributed by atoms with van der Waals surface area (Å²) in [6.07, 6.45) is 14.0. The van der Waals surface area contributed by atoms with E-state index >= 15 is 0 Å². The molecule has 17 heavy (non-hydrogen) atoms. The lowest BCUT2D eigenvalue weighted by atomic mass is 10.1. The molecule has 0 spiro atoms. The maximum atomic E-state index is 3.58. The molecule has 0 amide bonds. The molecular formula is C15H32N2. The van der Waals surface area contributed by atoms with Gasteiger partial charge in [-0.05, 0) is 51.7 Å². The maximum Gasteiger partial charge on any atom is 0.00682 e. The van der Waals surface area contributed by atoms with Crippen LogP contribution in [0.15, 0.2) is 0 Å². The molecule has 0 aromatic carbocycles. The minimum Gasteiger partial charge on any atom is -0.317 e. The van der Waals surface area contributed by atoms with E-state index in [1.165, 1.54) is 83.8 Å². The highest BCUT2D eigenvalue weighted by Crippen LogP contribution is 2.18. The second-order valence-corrected chi connectivity index (χ2v) is 5.45. The smallest absolute Gasteiger partial charge is 0.00682 e. The molecule has 1 fully saturated rings. The van der Waals surface area contributed by atoms with E-state index in [0.29, 0.717) is 0 Å². The van der Waals surface area contributed by atoms with Crippen molar-refractivity contribution in [3.8, 4) is 0 Å². The van der Waals surface area contributed by atoms with Gasteiger partial charge in [-0.15, -0.1) is 0 Å². The zero-order valence-corrected chi connectivity index (χ0v) is 11.8. The topological polar surface area (TPSA) is 24.1 Å². The van der Waals surface area contributed by atoms with Crippen molar-refractivity contribution < 1.29 is 0 Å². The molecular weight excluding hydrogens is 208 g/mol. The summed E-state index contributed by atoms with van der Waals surface area (Å²) in [6, 6.07) is 0.894. The average Bonchev–Trinajstić information content (AvgIpc) is 3.15. The van der Waals surface area contributed by atoms with Crippen molar-refractivity contribution in [2.75, 3.05) is 19.6 Å². The lowest BCUT2D eigenvalue weighted by Gasteiger charge is -2.04. The van der Waals surface area contributed by atoms with Crippen molar-refractivity contribution in [3.05, 3.63) is 0 Å². The first-order chi connectivity index (χ1) is 8.43. The van der Waals surface area contributed by atoms with Gasteiger partial charge in [0.05, 0.1) is 0 Å². The number of hydrogen-bond acceptors (Lipinski definition) is 2. The van der Waals surface area contributed by atoms with Gasteiger partial charge >= 0.3 is 0 Å². The van der Waals surface area contributed by atoms with E-state index in [0.717, 1.165) is 6.04 Å². The molecule has 2 nitrogen and oxygen atoms in total. The molecule has 1 aliphatic rings. The van der Waals surface area contributed by atoms with E-state index in [2.05, 4.69) is 17.6 Å². The van der Waals surface area contributed by atoms with E-state index in [-0.39, 0.29) is 0 Å². The Kier molecular flexibility index (Phi) is 9.72. The van der Waals surface area contributed by atoms with Crippen molar-refractivity contribution in [1.29, 1.82) is 0 Å². The van der Waals surface area contributed by atoms with Crippen LogP contribution in [0.4, 0.5) is 0 Å². The van der Waals surface area contributed by atoms with Gasteiger partial charge in [0.15, 0.2) is 0 Å². The Balaban J connectivity index is 1.61. The largest absolute Gasteiger partial charge is 0.317 e. The normalized spacial score (nSPS) is 15.4. The summed E-state index contributed by atoms with van der Waals surface area (Å²) >= 11 is 0. The first-order valence-electron chi connectivity index (χ1n) is 7.87. The second kappa shape index (κ2) is 11.0. The van der Waals surface area contributed by atoms with Crippen LogP contribution in [0, 0.1) is 0 Å². The minimum absolute atomic E-state index is 0.894. The summed E-state index contributed by atoms with van der Waals surface area (Å²) in [4.78, 5) is 0. The average molecular weight is 240 g/mol. The summed E-state index contributed by atoms with van der Waals surface area (Å²) in [5, 5.41) is 7.04. The molecule has 0 aromatic heterocycles. The number of rotatable bonds is 13. The summed E-state index contributed by atoms with van der Waals surface area (Å²) in [7, 11) is 0. The highest BCUT2D eigenvalue weighted by Gasteiger charge is 2.19. The Morgan fingerprint density at radius 3 is 1.94 bits per heavy atom. The van der Waals surface area contributed by atoms with E-state index in [1.54, 1.807) is 0 Å². The van der Waals surface area contributed by atoms with Crippen LogP contribution in [0.5, 0.6) is 0 Å². The molecule has 1 saturated carbocycles. The van der Waals surface area contributed by atoms with Gasteiger partial charge in [-0.2, -0.15) is 0 Å². The SMILES string of the molecule is CCCNCCCCCCCCCNC1CC1. The molecule has 0 unspecified atom stereocenters. The molecule has 0 atom stereocenters. The predicted octanol–water partition coefficient (Wildman–Crippen LogP) is 3.47. The number of unbranched alkanes of at least 4 members (excludes halogenated alkanes) is 6. The Labute approximate surface area is 108 Å². The zero-order valence-electron chi connectivity index (χ0n) is 11.8. The van der Waals surface area contributed by atoms with Gasteiger partial charge in [0, 0.05) is 6.04 Å². The first kappa shape index (κ1) is 15.0. The quantitative estimate of drug-likeness (QED) is 0.482. The molecule has 0 aromatic rings. The van der Waals surface area contributed by atoms with Crippen LogP contribution < -0.4 is 10.6 Å². The van der Waals surface area contributed by atoms with Gasteiger partial charge in [-0.1, -0.05) is 39.0 Å². The molecule has 0 radical (unpaired) electrons. The Hall–Kier alpha value is -0.0800. The highest BCUT2D eigenvalue weighted by molar-refractivity contribution is 4.80. The number of hydrogen-bond donors (Lipinski definition) is 2. The molecule has 102 valence electrons. The van der Waals surface area contributed by atoms with Crippen LogP contribution >= 0.6 is 0 Å². The second-order valence-electron chi connectivity index (χ2n) is 5.45. The van der Waals surface area contributed by atoms with Crippen molar-refractivity contribution in [2.24, 2.45) is 0 Å². The summed E-state index contributed by atoms with van der Waals surface area (Å²) < 4.78 is 0. The van der Waals surface area contributed by atoms with E-state index in [9.17, 15) is 0 Å². The molecule has 1 aliphatic carbocycles. The van der Waals surface area contributed by atoms with Crippen LogP contribution in [-0.4, -0.2) is 25.7 Å². The van der Waals surface area contributed by atoms with Crippen LogP contribution in [0.25, 0.3) is 0 Å². The van der Waals surface area contributed by atoms with Crippen LogP contribution in [-0.2, 0) is 0 Å². The van der Waals surface area contributed by atoms with Gasteiger partial charge in [0.2, 0.25) is 0 Å². The van der Waals surface area contributed by atoms with Crippen LogP contribution in [0.3, 0.4) is 0 Å². The summed E-state index contributed by atoms with van der Waals surface area (Å²) in [5.74, 6) is 0. The fourth-order valence-corrected chi connectivity index (χ4v) is 2.15. The summed E-state index contributed by atoms with van der Waals surface area (Å²) in [5.41, 5.74) is 0. The van der Waals surface area contributed by atoms with Gasteiger partial charge in [0.25, 0.3) is 0 Å². The van der Waals surface area contributed by atoms with Crippen molar-refractivity contribution in [3.63, 3.8) is 0 Å². The third kappa shape index (κ3) is 10.8. The van der Waals surface area contributed by atoms with Gasteiger partial charge in [-0.25, -0.2) is 0 Å². The van der Waals surface area contributed by atoms with Crippen LogP contribution in [0.1, 0.15) is 71.1 Å². The number of nitrogens with one attached hydrogen (secondary N) is 2. The Bertz CT molecular complexity index is 155. The molecule has 2 heteroatoms. The Morgan fingerprint density at radius 1 is 0.765 bits per heavy atom. The molecule has 0 bridgehead atoms. The fraction of sp³-hybridized carbons (Fsp3) is 1.00. The van der Waals surface area contributed by atoms with Crippen molar-refractivity contribution >= 4 is 0 Å². The molecule has 2 N–H and O–H groups in total. The highest BCUT2D eigenvalue weighted by atomic mass is 14.9. The minimum atomic E-state index is 0.894. The van der Waals surface area contributed by atoms with E-state index in [4.69, 9.17) is 0 Å². The fourth-order valence-electron chi connectivity index (χ4n) is 2.15. The van der Waals surface area contributed by atoms with Crippen LogP contribution in [0.2, 0.25) is 0 Å². The van der Waals surface area contributed by atoms with Crippen molar-refractivity contribution in [1.82, 2.24) is 10.6 Å². The van der Waals surface area contributed by atoms with Gasteiger partial charge in [-0.3, -0.25) is 0 Å². The predicted molar refractivity (Wildman–Crippen MR) is 76.5 cm³/mol. The third-order valence-corrected chi connectivity index (χ3v) is 3.47. The molecule has 0 aliphatic heterocycles.